The highest BCUT2D eigenvalue weighted by Gasteiger charge is 2.37. The van der Waals surface area contributed by atoms with Crippen LogP contribution < -0.4 is 19.8 Å². The number of nitrogens with zero attached hydrogens (tertiary/aromatic N) is 2. The van der Waals surface area contributed by atoms with E-state index >= 15 is 0 Å². The number of fused-ring (bicyclic) bond motifs is 1. The zero-order chi connectivity index (χ0) is 27.9. The Morgan fingerprint density at radius 1 is 0.949 bits per heavy atom. The summed E-state index contributed by atoms with van der Waals surface area (Å²) in [6.07, 6.45) is 1.62. The number of hydrogen-bond donors (Lipinski definition) is 2. The van der Waals surface area contributed by atoms with Gasteiger partial charge in [0.1, 0.15) is 0 Å². The minimum atomic E-state index is -3.68. The summed E-state index contributed by atoms with van der Waals surface area (Å²) in [4.78, 5) is 17.3. The van der Waals surface area contributed by atoms with E-state index in [0.717, 1.165) is 48.7 Å². The van der Waals surface area contributed by atoms with Gasteiger partial charge < -0.3 is 15.1 Å². The number of piperazine rings is 1. The molecule has 3 aromatic rings. The lowest BCUT2D eigenvalue weighted by molar-refractivity contribution is 0.0981. The molecule has 2 N–H and O–H groups in total. The molecule has 0 radical (unpaired) electrons. The average molecular weight is 588 g/mol. The molecule has 0 saturated carbocycles. The van der Waals surface area contributed by atoms with Gasteiger partial charge in [0.15, 0.2) is 0 Å². The van der Waals surface area contributed by atoms with Gasteiger partial charge in [0, 0.05) is 48.1 Å². The predicted molar refractivity (Wildman–Crippen MR) is 160 cm³/mol. The summed E-state index contributed by atoms with van der Waals surface area (Å²) in [7, 11) is -3.68. The maximum Gasteiger partial charge on any atom is 0.264 e. The minimum absolute atomic E-state index is 0.00602. The number of amides is 1. The van der Waals surface area contributed by atoms with Gasteiger partial charge in [-0.1, -0.05) is 49.2 Å². The second-order valence-corrected chi connectivity index (χ2v) is 13.6. The molecule has 2 heterocycles. The standard InChI is InChI=1S/C29H32Cl2N4O3S/c1-29(2)18-21-15-20(28(36)33-39(3,37)38)17-25(31)26(21)32-27(29)19-5-4-6-24(16-19)35-13-11-34(12-14-35)23-9-7-22(30)8-10-23/h4-10,15-17,27,32H,11-14,18H2,1-3H3,(H,33,36). The first-order valence-electron chi connectivity index (χ1n) is 12.9. The van der Waals surface area contributed by atoms with Gasteiger partial charge in [0.25, 0.3) is 5.91 Å². The monoisotopic (exact) mass is 586 g/mol. The van der Waals surface area contributed by atoms with E-state index in [-0.39, 0.29) is 17.0 Å². The Labute approximate surface area is 240 Å². The number of rotatable bonds is 5. The van der Waals surface area contributed by atoms with Crippen LogP contribution in [0.25, 0.3) is 0 Å². The van der Waals surface area contributed by atoms with E-state index in [2.05, 4.69) is 65.4 Å². The normalized spacial score (nSPS) is 18.7. The first-order chi connectivity index (χ1) is 18.4. The largest absolute Gasteiger partial charge is 0.376 e. The van der Waals surface area contributed by atoms with Gasteiger partial charge in [0.2, 0.25) is 10.0 Å². The first-order valence-corrected chi connectivity index (χ1v) is 15.5. The van der Waals surface area contributed by atoms with E-state index < -0.39 is 15.9 Å². The molecule has 0 aliphatic carbocycles. The fourth-order valence-electron chi connectivity index (χ4n) is 5.57. The molecule has 7 nitrogen and oxygen atoms in total. The van der Waals surface area contributed by atoms with Crippen LogP contribution >= 0.6 is 23.2 Å². The van der Waals surface area contributed by atoms with Gasteiger partial charge in [0.05, 0.1) is 23.0 Å². The van der Waals surface area contributed by atoms with Crippen molar-refractivity contribution in [2.24, 2.45) is 5.41 Å². The molecule has 1 amide bonds. The van der Waals surface area contributed by atoms with Crippen LogP contribution in [0.2, 0.25) is 10.0 Å². The Morgan fingerprint density at radius 3 is 2.23 bits per heavy atom. The molecule has 206 valence electrons. The molecular formula is C29H32Cl2N4O3S. The summed E-state index contributed by atoms with van der Waals surface area (Å²) in [6.45, 7) is 8.06. The van der Waals surface area contributed by atoms with Crippen LogP contribution in [0.4, 0.5) is 17.1 Å². The zero-order valence-corrected chi connectivity index (χ0v) is 24.5. The topological polar surface area (TPSA) is 81.7 Å². The van der Waals surface area contributed by atoms with Crippen molar-refractivity contribution < 1.29 is 13.2 Å². The Kier molecular flexibility index (Phi) is 7.48. The molecule has 0 aromatic heterocycles. The molecule has 2 aliphatic heterocycles. The third kappa shape index (κ3) is 6.13. The summed E-state index contributed by atoms with van der Waals surface area (Å²) in [5.74, 6) is -0.689. The molecule has 1 saturated heterocycles. The predicted octanol–water partition coefficient (Wildman–Crippen LogP) is 5.74. The van der Waals surface area contributed by atoms with E-state index in [1.54, 1.807) is 6.07 Å². The Morgan fingerprint density at radius 2 is 1.59 bits per heavy atom. The van der Waals surface area contributed by atoms with Crippen LogP contribution in [0.5, 0.6) is 0 Å². The highest BCUT2D eigenvalue weighted by molar-refractivity contribution is 7.89. The van der Waals surface area contributed by atoms with Crippen molar-refractivity contribution in [1.82, 2.24) is 4.72 Å². The van der Waals surface area contributed by atoms with Gasteiger partial charge >= 0.3 is 0 Å². The fourth-order valence-corrected chi connectivity index (χ4v) is 6.44. The highest BCUT2D eigenvalue weighted by Crippen LogP contribution is 2.47. The van der Waals surface area contributed by atoms with E-state index in [0.29, 0.717) is 11.4 Å². The first kappa shape index (κ1) is 27.6. The van der Waals surface area contributed by atoms with Crippen LogP contribution in [0.3, 0.4) is 0 Å². The van der Waals surface area contributed by atoms with Gasteiger partial charge in [-0.25, -0.2) is 13.1 Å². The highest BCUT2D eigenvalue weighted by atomic mass is 35.5. The van der Waals surface area contributed by atoms with Crippen LogP contribution in [-0.2, 0) is 16.4 Å². The molecular weight excluding hydrogens is 555 g/mol. The number of nitrogens with one attached hydrogen (secondary N) is 2. The number of carbonyl (C=O) groups excluding carboxylic acids is 1. The smallest absolute Gasteiger partial charge is 0.264 e. The third-order valence-corrected chi connectivity index (χ3v) is 8.57. The van der Waals surface area contributed by atoms with Crippen molar-refractivity contribution in [2.45, 2.75) is 26.3 Å². The van der Waals surface area contributed by atoms with Crippen molar-refractivity contribution in [2.75, 3.05) is 47.6 Å². The van der Waals surface area contributed by atoms with E-state index in [4.69, 9.17) is 23.2 Å². The molecule has 2 aliphatic rings. The summed E-state index contributed by atoms with van der Waals surface area (Å²) in [5.41, 5.74) is 5.22. The van der Waals surface area contributed by atoms with Gasteiger partial charge in [-0.3, -0.25) is 4.79 Å². The van der Waals surface area contributed by atoms with Crippen LogP contribution in [0.1, 0.15) is 41.4 Å². The number of benzene rings is 3. The van der Waals surface area contributed by atoms with Crippen molar-refractivity contribution in [1.29, 1.82) is 0 Å². The van der Waals surface area contributed by atoms with E-state index in [1.165, 1.54) is 23.0 Å². The lowest BCUT2D eigenvalue weighted by Crippen LogP contribution is -2.46. The molecule has 0 spiro atoms. The van der Waals surface area contributed by atoms with Crippen LogP contribution in [0.15, 0.2) is 60.7 Å². The Hall–Kier alpha value is -2.94. The van der Waals surface area contributed by atoms with Crippen LogP contribution in [-0.4, -0.2) is 46.8 Å². The Balaban J connectivity index is 1.34. The van der Waals surface area contributed by atoms with Gasteiger partial charge in [-0.15, -0.1) is 0 Å². The maximum atomic E-state index is 12.5. The van der Waals surface area contributed by atoms with Crippen molar-refractivity contribution in [3.63, 3.8) is 0 Å². The quantitative estimate of drug-likeness (QED) is 0.396. The molecule has 3 aromatic carbocycles. The van der Waals surface area contributed by atoms with E-state index in [1.807, 2.05) is 16.9 Å². The summed E-state index contributed by atoms with van der Waals surface area (Å²) in [6, 6.07) is 19.9. The van der Waals surface area contributed by atoms with E-state index in [9.17, 15) is 13.2 Å². The van der Waals surface area contributed by atoms with Gasteiger partial charge in [-0.2, -0.15) is 0 Å². The second kappa shape index (κ2) is 10.6. The third-order valence-electron chi connectivity index (χ3n) is 7.47. The summed E-state index contributed by atoms with van der Waals surface area (Å²) >= 11 is 12.7. The molecule has 10 heteroatoms. The lowest BCUT2D eigenvalue weighted by Gasteiger charge is -2.42. The molecule has 1 atom stereocenters. The number of anilines is 3. The second-order valence-electron chi connectivity index (χ2n) is 11.0. The molecule has 1 fully saturated rings. The molecule has 5 rings (SSSR count). The average Bonchev–Trinajstić information content (AvgIpc) is 2.87. The zero-order valence-electron chi connectivity index (χ0n) is 22.2. The molecule has 39 heavy (non-hydrogen) atoms. The Bertz CT molecular complexity index is 1500. The van der Waals surface area contributed by atoms with Gasteiger partial charge in [-0.05, 0) is 71.5 Å². The molecule has 1 unspecified atom stereocenters. The SMILES string of the molecule is CC1(C)Cc2cc(C(=O)NS(C)(=O)=O)cc(Cl)c2NC1c1cccc(N2CCN(c3ccc(Cl)cc3)CC2)c1. The maximum absolute atomic E-state index is 12.5. The number of sulfonamides is 1. The summed E-state index contributed by atoms with van der Waals surface area (Å²) < 4.78 is 25.1. The number of halogens is 2. The lowest BCUT2D eigenvalue weighted by atomic mass is 9.72. The van der Waals surface area contributed by atoms with Crippen molar-refractivity contribution in [3.8, 4) is 0 Å². The minimum Gasteiger partial charge on any atom is -0.376 e. The van der Waals surface area contributed by atoms with Crippen molar-refractivity contribution in [3.05, 3.63) is 87.4 Å². The van der Waals surface area contributed by atoms with Crippen molar-refractivity contribution >= 4 is 56.2 Å². The summed E-state index contributed by atoms with van der Waals surface area (Å²) in [5, 5.41) is 4.77. The number of hydrogen-bond acceptors (Lipinski definition) is 6. The molecule has 0 bridgehead atoms. The number of carbonyl (C=O) groups is 1. The fraction of sp³-hybridized carbons (Fsp3) is 0.345. The van der Waals surface area contributed by atoms with Crippen LogP contribution in [0, 0.1) is 5.41 Å².